The summed E-state index contributed by atoms with van der Waals surface area (Å²) >= 11 is 8.10. The van der Waals surface area contributed by atoms with Crippen LogP contribution in [0.2, 0.25) is 0 Å². The van der Waals surface area contributed by atoms with E-state index in [0.29, 0.717) is 10.0 Å². The van der Waals surface area contributed by atoms with E-state index in [1.807, 2.05) is 12.3 Å². The summed E-state index contributed by atoms with van der Waals surface area (Å²) in [4.78, 5) is 4.21. The number of rotatable bonds is 3. The molecule has 0 radical (unpaired) electrons. The van der Waals surface area contributed by atoms with Gasteiger partial charge in [-0.05, 0) is 35.0 Å². The Balaban J connectivity index is 2.14. The lowest BCUT2D eigenvalue weighted by atomic mass is 10.2. The molecule has 0 saturated heterocycles. The lowest BCUT2D eigenvalue weighted by molar-refractivity contribution is 0.471. The summed E-state index contributed by atoms with van der Waals surface area (Å²) in [7, 11) is 0. The Hall–Kier alpha value is -0.920. The van der Waals surface area contributed by atoms with Gasteiger partial charge in [-0.2, -0.15) is 5.10 Å². The molecule has 7 heteroatoms. The molecule has 18 heavy (non-hydrogen) atoms. The number of phenolic OH excluding ortho intramolecular Hbond substituents is 1. The second-order valence-corrected chi connectivity index (χ2v) is 6.12. The van der Waals surface area contributed by atoms with E-state index in [1.165, 1.54) is 11.3 Å². The summed E-state index contributed by atoms with van der Waals surface area (Å²) in [6, 6.07) is 3.54. The molecule has 2 N–H and O–H groups in total. The number of aromatic nitrogens is 1. The van der Waals surface area contributed by atoms with Gasteiger partial charge in [-0.1, -0.05) is 15.9 Å². The van der Waals surface area contributed by atoms with E-state index in [1.54, 1.807) is 18.3 Å². The van der Waals surface area contributed by atoms with Gasteiger partial charge in [0.1, 0.15) is 5.75 Å². The van der Waals surface area contributed by atoms with Crippen LogP contribution in [-0.4, -0.2) is 16.3 Å². The van der Waals surface area contributed by atoms with Gasteiger partial charge in [0.05, 0.1) is 16.4 Å². The monoisotopic (exact) mass is 389 g/mol. The molecule has 0 aliphatic rings. The summed E-state index contributed by atoms with van der Waals surface area (Å²) in [5, 5.41) is 16.5. The highest BCUT2D eigenvalue weighted by Crippen LogP contribution is 2.30. The van der Waals surface area contributed by atoms with Crippen LogP contribution in [0.5, 0.6) is 5.75 Å². The Morgan fingerprint density at radius 2 is 2.22 bits per heavy atom. The molecule has 2 rings (SSSR count). The number of anilines is 1. The SMILES string of the molecule is Cc1csc(N/N=C/c2cc(Br)cc(Br)c2O)n1. The standard InChI is InChI=1S/C11H9Br2N3OS/c1-6-5-18-11(15-6)16-14-4-7-2-8(12)3-9(13)10(7)17/h2-5,17H,1H3,(H,15,16)/b14-4+. The van der Waals surface area contributed by atoms with E-state index in [0.717, 1.165) is 15.3 Å². The van der Waals surface area contributed by atoms with Crippen LogP contribution in [0.1, 0.15) is 11.3 Å². The topological polar surface area (TPSA) is 57.5 Å². The average molecular weight is 391 g/mol. The number of hydrazone groups is 1. The third-order valence-corrected chi connectivity index (χ3v) is 3.97. The van der Waals surface area contributed by atoms with Crippen molar-refractivity contribution in [2.24, 2.45) is 5.10 Å². The molecule has 1 heterocycles. The highest BCUT2D eigenvalue weighted by molar-refractivity contribution is 9.11. The number of phenols is 1. The zero-order chi connectivity index (χ0) is 13.1. The molecular weight excluding hydrogens is 382 g/mol. The largest absolute Gasteiger partial charge is 0.506 e. The quantitative estimate of drug-likeness (QED) is 0.611. The molecule has 94 valence electrons. The number of halogens is 2. The highest BCUT2D eigenvalue weighted by atomic mass is 79.9. The van der Waals surface area contributed by atoms with Crippen LogP contribution in [0.25, 0.3) is 0 Å². The minimum Gasteiger partial charge on any atom is -0.506 e. The smallest absolute Gasteiger partial charge is 0.203 e. The summed E-state index contributed by atoms with van der Waals surface area (Å²) in [6.07, 6.45) is 1.54. The van der Waals surface area contributed by atoms with Gasteiger partial charge in [0.15, 0.2) is 0 Å². The lowest BCUT2D eigenvalue weighted by Gasteiger charge is -2.02. The van der Waals surface area contributed by atoms with E-state index >= 15 is 0 Å². The van der Waals surface area contributed by atoms with E-state index in [9.17, 15) is 5.11 Å². The molecule has 4 nitrogen and oxygen atoms in total. The molecule has 1 aromatic carbocycles. The van der Waals surface area contributed by atoms with Gasteiger partial charge in [-0.15, -0.1) is 11.3 Å². The number of hydrogen-bond donors (Lipinski definition) is 2. The van der Waals surface area contributed by atoms with Crippen molar-refractivity contribution in [3.8, 4) is 5.75 Å². The molecular formula is C11H9Br2N3OS. The second-order valence-electron chi connectivity index (χ2n) is 3.49. The van der Waals surface area contributed by atoms with Gasteiger partial charge in [0.25, 0.3) is 0 Å². The second kappa shape index (κ2) is 5.81. The Labute approximate surface area is 125 Å². The Morgan fingerprint density at radius 3 is 2.89 bits per heavy atom. The fourth-order valence-corrected chi connectivity index (χ4v) is 3.14. The molecule has 1 aromatic heterocycles. The minimum atomic E-state index is 0.152. The van der Waals surface area contributed by atoms with E-state index < -0.39 is 0 Å². The number of nitrogens with zero attached hydrogens (tertiary/aromatic N) is 2. The van der Waals surface area contributed by atoms with Crippen LogP contribution < -0.4 is 5.43 Å². The van der Waals surface area contributed by atoms with E-state index in [4.69, 9.17) is 0 Å². The van der Waals surface area contributed by atoms with Crippen LogP contribution in [-0.2, 0) is 0 Å². The van der Waals surface area contributed by atoms with Crippen molar-refractivity contribution < 1.29 is 5.11 Å². The number of nitrogens with one attached hydrogen (secondary N) is 1. The van der Waals surface area contributed by atoms with Crippen LogP contribution in [0.15, 0.2) is 31.6 Å². The number of aryl methyl sites for hydroxylation is 1. The maximum absolute atomic E-state index is 9.82. The number of thiazole rings is 1. The van der Waals surface area contributed by atoms with Gasteiger partial charge in [-0.3, -0.25) is 5.43 Å². The maximum atomic E-state index is 9.82. The van der Waals surface area contributed by atoms with Gasteiger partial charge in [-0.25, -0.2) is 4.98 Å². The van der Waals surface area contributed by atoms with E-state index in [-0.39, 0.29) is 5.75 Å². The Morgan fingerprint density at radius 1 is 1.44 bits per heavy atom. The Kier molecular flexibility index (Phi) is 4.36. The maximum Gasteiger partial charge on any atom is 0.203 e. The van der Waals surface area contributed by atoms with E-state index in [2.05, 4.69) is 47.4 Å². The number of benzene rings is 1. The highest BCUT2D eigenvalue weighted by Gasteiger charge is 2.05. The normalized spacial score (nSPS) is 11.1. The van der Waals surface area contributed by atoms with Crippen LogP contribution in [0, 0.1) is 6.92 Å². The summed E-state index contributed by atoms with van der Waals surface area (Å²) in [6.45, 7) is 1.92. The van der Waals surface area contributed by atoms with Crippen molar-refractivity contribution in [3.63, 3.8) is 0 Å². The molecule has 0 spiro atoms. The van der Waals surface area contributed by atoms with Gasteiger partial charge in [0, 0.05) is 15.4 Å². The number of aromatic hydroxyl groups is 1. The lowest BCUT2D eigenvalue weighted by Crippen LogP contribution is -1.91. The zero-order valence-electron chi connectivity index (χ0n) is 9.32. The first-order chi connectivity index (χ1) is 8.56. The van der Waals surface area contributed by atoms with Crippen molar-refractivity contribution in [2.45, 2.75) is 6.92 Å². The average Bonchev–Trinajstić information content (AvgIpc) is 2.71. The molecule has 0 amide bonds. The molecule has 0 atom stereocenters. The molecule has 0 bridgehead atoms. The van der Waals surface area contributed by atoms with Gasteiger partial charge >= 0.3 is 0 Å². The summed E-state index contributed by atoms with van der Waals surface area (Å²) < 4.78 is 1.47. The first kappa shape index (κ1) is 13.5. The number of hydrogen-bond acceptors (Lipinski definition) is 5. The molecule has 0 fully saturated rings. The molecule has 0 aliphatic heterocycles. The third-order valence-electron chi connectivity index (χ3n) is 2.04. The van der Waals surface area contributed by atoms with Crippen molar-refractivity contribution in [3.05, 3.63) is 37.7 Å². The van der Waals surface area contributed by atoms with Crippen molar-refractivity contribution in [1.82, 2.24) is 4.98 Å². The molecule has 2 aromatic rings. The third kappa shape index (κ3) is 3.30. The fraction of sp³-hybridized carbons (Fsp3) is 0.0909. The molecule has 0 unspecified atom stereocenters. The Bertz CT molecular complexity index is 598. The zero-order valence-corrected chi connectivity index (χ0v) is 13.3. The van der Waals surface area contributed by atoms with Crippen LogP contribution in [0.4, 0.5) is 5.13 Å². The minimum absolute atomic E-state index is 0.152. The summed E-state index contributed by atoms with van der Waals surface area (Å²) in [5.41, 5.74) is 4.37. The predicted molar refractivity (Wildman–Crippen MR) is 81.6 cm³/mol. The van der Waals surface area contributed by atoms with Crippen molar-refractivity contribution in [1.29, 1.82) is 0 Å². The van der Waals surface area contributed by atoms with Crippen molar-refractivity contribution in [2.75, 3.05) is 5.43 Å². The summed E-state index contributed by atoms with van der Waals surface area (Å²) in [5.74, 6) is 0.152. The fourth-order valence-electron chi connectivity index (χ4n) is 1.25. The van der Waals surface area contributed by atoms with Gasteiger partial charge in [0.2, 0.25) is 5.13 Å². The van der Waals surface area contributed by atoms with Gasteiger partial charge < -0.3 is 5.11 Å². The first-order valence-electron chi connectivity index (χ1n) is 4.95. The molecule has 0 saturated carbocycles. The predicted octanol–water partition coefficient (Wildman–Crippen LogP) is 4.13. The van der Waals surface area contributed by atoms with Crippen LogP contribution in [0.3, 0.4) is 0 Å². The molecule has 0 aliphatic carbocycles. The van der Waals surface area contributed by atoms with Crippen molar-refractivity contribution >= 4 is 54.5 Å². The first-order valence-corrected chi connectivity index (χ1v) is 7.42. The van der Waals surface area contributed by atoms with Crippen LogP contribution >= 0.6 is 43.2 Å².